The fourth-order valence-corrected chi connectivity index (χ4v) is 2.28. The molecule has 1 unspecified atom stereocenters. The van der Waals surface area contributed by atoms with Gasteiger partial charge in [-0.1, -0.05) is 15.9 Å². The van der Waals surface area contributed by atoms with Gasteiger partial charge in [-0.25, -0.2) is 4.39 Å². The first-order chi connectivity index (χ1) is 9.13. The van der Waals surface area contributed by atoms with E-state index in [0.29, 0.717) is 11.5 Å². The van der Waals surface area contributed by atoms with Gasteiger partial charge in [-0.05, 0) is 36.4 Å². The van der Waals surface area contributed by atoms with Crippen molar-refractivity contribution in [1.29, 1.82) is 0 Å². The van der Waals surface area contributed by atoms with Gasteiger partial charge in [-0.15, -0.1) is 0 Å². The lowest BCUT2D eigenvalue weighted by molar-refractivity contribution is 0.519. The van der Waals surface area contributed by atoms with Crippen LogP contribution in [0.3, 0.4) is 0 Å². The molecule has 0 spiro atoms. The summed E-state index contributed by atoms with van der Waals surface area (Å²) in [4.78, 5) is 3.97. The Morgan fingerprint density at radius 2 is 2.05 bits per heavy atom. The highest BCUT2D eigenvalue weighted by Gasteiger charge is 2.15. The second kappa shape index (κ2) is 4.75. The number of benzene rings is 1. The summed E-state index contributed by atoms with van der Waals surface area (Å²) in [6.07, 6.45) is 1.15. The van der Waals surface area contributed by atoms with Crippen molar-refractivity contribution < 1.29 is 8.81 Å². The van der Waals surface area contributed by atoms with Gasteiger partial charge >= 0.3 is 0 Å². The maximum Gasteiger partial charge on any atom is 0.141 e. The van der Waals surface area contributed by atoms with Crippen molar-refractivity contribution in [3.8, 4) is 0 Å². The first kappa shape index (κ1) is 12.3. The highest BCUT2D eigenvalue weighted by atomic mass is 79.9. The third kappa shape index (κ3) is 2.39. The molecule has 0 amide bonds. The fraction of sp³-hybridized carbons (Fsp3) is 0.0714. The number of hydrogen-bond donors (Lipinski definition) is 1. The molecule has 1 atom stereocenters. The Labute approximate surface area is 117 Å². The van der Waals surface area contributed by atoms with Gasteiger partial charge in [0.25, 0.3) is 0 Å². The zero-order valence-electron chi connectivity index (χ0n) is 9.81. The standard InChI is InChI=1S/C14H10BrFN2O/c15-9-1-4-12-8(5-9)6-13(19-12)14(17)11-3-2-10(16)7-18-11/h1-7,14H,17H2. The van der Waals surface area contributed by atoms with Crippen LogP contribution in [-0.4, -0.2) is 4.98 Å². The lowest BCUT2D eigenvalue weighted by atomic mass is 10.1. The van der Waals surface area contributed by atoms with E-state index in [4.69, 9.17) is 10.2 Å². The molecule has 19 heavy (non-hydrogen) atoms. The number of aromatic nitrogens is 1. The summed E-state index contributed by atoms with van der Waals surface area (Å²) in [5, 5.41) is 0.960. The third-order valence-electron chi connectivity index (χ3n) is 2.87. The van der Waals surface area contributed by atoms with Gasteiger partial charge in [0.2, 0.25) is 0 Å². The van der Waals surface area contributed by atoms with Crippen molar-refractivity contribution in [3.63, 3.8) is 0 Å². The first-order valence-electron chi connectivity index (χ1n) is 5.69. The molecule has 3 rings (SSSR count). The van der Waals surface area contributed by atoms with Crippen molar-refractivity contribution in [2.24, 2.45) is 5.73 Å². The summed E-state index contributed by atoms with van der Waals surface area (Å²) >= 11 is 3.40. The third-order valence-corrected chi connectivity index (χ3v) is 3.37. The number of hydrogen-bond acceptors (Lipinski definition) is 3. The molecule has 2 heterocycles. The summed E-state index contributed by atoms with van der Waals surface area (Å²) in [6.45, 7) is 0. The van der Waals surface area contributed by atoms with Crippen LogP contribution in [0.2, 0.25) is 0 Å². The molecule has 96 valence electrons. The Morgan fingerprint density at radius 1 is 1.21 bits per heavy atom. The molecule has 1 aromatic carbocycles. The molecule has 2 N–H and O–H groups in total. The van der Waals surface area contributed by atoms with Crippen LogP contribution in [0.4, 0.5) is 4.39 Å². The van der Waals surface area contributed by atoms with Crippen LogP contribution in [-0.2, 0) is 0 Å². The van der Waals surface area contributed by atoms with E-state index in [0.717, 1.165) is 21.6 Å². The van der Waals surface area contributed by atoms with E-state index in [9.17, 15) is 4.39 Å². The number of nitrogens with two attached hydrogens (primary N) is 1. The molecule has 5 heteroatoms. The van der Waals surface area contributed by atoms with Gasteiger partial charge in [-0.2, -0.15) is 0 Å². The van der Waals surface area contributed by atoms with E-state index in [-0.39, 0.29) is 5.82 Å². The van der Waals surface area contributed by atoms with Crippen LogP contribution >= 0.6 is 15.9 Å². The van der Waals surface area contributed by atoms with Crippen LogP contribution in [0.5, 0.6) is 0 Å². The minimum atomic E-state index is -0.508. The largest absolute Gasteiger partial charge is 0.459 e. The monoisotopic (exact) mass is 320 g/mol. The molecule has 2 aromatic heterocycles. The van der Waals surface area contributed by atoms with Crippen LogP contribution in [0.15, 0.2) is 51.5 Å². The number of pyridine rings is 1. The summed E-state index contributed by atoms with van der Waals surface area (Å²) < 4.78 is 19.5. The number of furan rings is 1. The van der Waals surface area contributed by atoms with Gasteiger partial charge in [0, 0.05) is 9.86 Å². The van der Waals surface area contributed by atoms with Gasteiger partial charge < -0.3 is 10.2 Å². The second-order valence-electron chi connectivity index (χ2n) is 4.21. The minimum Gasteiger partial charge on any atom is -0.459 e. The smallest absolute Gasteiger partial charge is 0.141 e. The van der Waals surface area contributed by atoms with Crippen LogP contribution in [0, 0.1) is 5.82 Å². The summed E-state index contributed by atoms with van der Waals surface area (Å²) in [7, 11) is 0. The number of nitrogens with zero attached hydrogens (tertiary/aromatic N) is 1. The molecule has 0 saturated heterocycles. The Bertz CT molecular complexity index is 724. The van der Waals surface area contributed by atoms with Crippen LogP contribution in [0.25, 0.3) is 11.0 Å². The molecule has 0 radical (unpaired) electrons. The van der Waals surface area contributed by atoms with Crippen molar-refractivity contribution in [2.75, 3.05) is 0 Å². The van der Waals surface area contributed by atoms with Crippen molar-refractivity contribution in [1.82, 2.24) is 4.98 Å². The molecule has 0 aliphatic heterocycles. The Hall–Kier alpha value is -1.72. The van der Waals surface area contributed by atoms with Crippen molar-refractivity contribution in [3.05, 3.63) is 64.3 Å². The summed E-state index contributed by atoms with van der Waals surface area (Å²) in [6, 6.07) is 9.98. The molecule has 0 aliphatic rings. The molecule has 3 aromatic rings. The predicted octanol–water partition coefficient (Wildman–Crippen LogP) is 3.78. The molecule has 0 saturated carbocycles. The zero-order chi connectivity index (χ0) is 13.4. The molecule has 0 aliphatic carbocycles. The maximum absolute atomic E-state index is 12.8. The predicted molar refractivity (Wildman–Crippen MR) is 74.1 cm³/mol. The minimum absolute atomic E-state index is 0.385. The highest BCUT2D eigenvalue weighted by Crippen LogP contribution is 2.27. The van der Waals surface area contributed by atoms with Gasteiger partial charge in [-0.3, -0.25) is 4.98 Å². The molecule has 0 bridgehead atoms. The average Bonchev–Trinajstić information content (AvgIpc) is 2.81. The zero-order valence-corrected chi connectivity index (χ0v) is 11.4. The van der Waals surface area contributed by atoms with Crippen LogP contribution < -0.4 is 5.73 Å². The van der Waals surface area contributed by atoms with Crippen LogP contribution in [0.1, 0.15) is 17.5 Å². The lowest BCUT2D eigenvalue weighted by Gasteiger charge is -2.07. The van der Waals surface area contributed by atoms with Gasteiger partial charge in [0.05, 0.1) is 11.9 Å². The number of fused-ring (bicyclic) bond motifs is 1. The van der Waals surface area contributed by atoms with Crippen molar-refractivity contribution >= 4 is 26.9 Å². The van der Waals surface area contributed by atoms with E-state index < -0.39 is 6.04 Å². The molecular formula is C14H10BrFN2O. The summed E-state index contributed by atoms with van der Waals surface area (Å²) in [5.41, 5.74) is 7.41. The van der Waals surface area contributed by atoms with E-state index in [1.165, 1.54) is 6.07 Å². The molecular weight excluding hydrogens is 311 g/mol. The van der Waals surface area contributed by atoms with E-state index in [1.807, 2.05) is 24.3 Å². The second-order valence-corrected chi connectivity index (χ2v) is 5.13. The normalized spacial score (nSPS) is 12.8. The Balaban J connectivity index is 2.01. The topological polar surface area (TPSA) is 52.0 Å². The highest BCUT2D eigenvalue weighted by molar-refractivity contribution is 9.10. The van der Waals surface area contributed by atoms with Gasteiger partial charge in [0.15, 0.2) is 0 Å². The Kier molecular flexibility index (Phi) is 3.08. The number of rotatable bonds is 2. The van der Waals surface area contributed by atoms with Gasteiger partial charge in [0.1, 0.15) is 23.2 Å². The van der Waals surface area contributed by atoms with E-state index in [2.05, 4.69) is 20.9 Å². The first-order valence-corrected chi connectivity index (χ1v) is 6.49. The molecule has 3 nitrogen and oxygen atoms in total. The Morgan fingerprint density at radius 3 is 2.79 bits per heavy atom. The fourth-order valence-electron chi connectivity index (χ4n) is 1.90. The quantitative estimate of drug-likeness (QED) is 0.781. The lowest BCUT2D eigenvalue weighted by Crippen LogP contribution is -2.12. The van der Waals surface area contributed by atoms with E-state index >= 15 is 0 Å². The molecule has 0 fully saturated rings. The SMILES string of the molecule is NC(c1ccc(F)cn1)c1cc2cc(Br)ccc2o1. The van der Waals surface area contributed by atoms with E-state index in [1.54, 1.807) is 6.07 Å². The average molecular weight is 321 g/mol. The number of halogens is 2. The maximum atomic E-state index is 12.8. The van der Waals surface area contributed by atoms with Crippen molar-refractivity contribution in [2.45, 2.75) is 6.04 Å². The summed E-state index contributed by atoms with van der Waals surface area (Å²) in [5.74, 6) is 0.219.